The summed E-state index contributed by atoms with van der Waals surface area (Å²) in [6.45, 7) is 2.00. The molecule has 0 unspecified atom stereocenters. The van der Waals surface area contributed by atoms with Crippen molar-refractivity contribution in [3.63, 3.8) is 0 Å². The lowest BCUT2D eigenvalue weighted by Crippen LogP contribution is -2.23. The zero-order valence-electron chi connectivity index (χ0n) is 11.5. The lowest BCUT2D eigenvalue weighted by Gasteiger charge is -2.13. The summed E-state index contributed by atoms with van der Waals surface area (Å²) in [4.78, 5) is 12.2. The molecule has 114 valence electrons. The van der Waals surface area contributed by atoms with Crippen LogP contribution >= 0.6 is 0 Å². The van der Waals surface area contributed by atoms with E-state index in [4.69, 9.17) is 10.5 Å². The van der Waals surface area contributed by atoms with Crippen LogP contribution in [-0.2, 0) is 17.9 Å². The molecule has 0 radical (unpaired) electrons. The van der Waals surface area contributed by atoms with Crippen molar-refractivity contribution in [3.8, 4) is 5.69 Å². The molecular weight excluding hydrogens is 287 g/mol. The van der Waals surface area contributed by atoms with Crippen molar-refractivity contribution < 1.29 is 17.9 Å². The second-order valence-electron chi connectivity index (χ2n) is 4.34. The van der Waals surface area contributed by atoms with E-state index in [0.29, 0.717) is 17.8 Å². The summed E-state index contributed by atoms with van der Waals surface area (Å²) < 4.78 is 47.4. The number of benzene rings is 1. The first-order valence-electron chi connectivity index (χ1n) is 6.16. The van der Waals surface area contributed by atoms with Crippen LogP contribution in [-0.4, -0.2) is 16.5 Å². The molecule has 8 heteroatoms. The standard InChI is InChI=1S/C13H14F3N3O2/c1-3-18-11(6-21-2)12(17)13(20)19(18)10-5-8(15)7(14)4-9(10)16/h4-5H,3,6,17H2,1-2H3. The Bertz CT molecular complexity index is 737. The van der Waals surface area contributed by atoms with Gasteiger partial charge in [-0.25, -0.2) is 17.9 Å². The smallest absolute Gasteiger partial charge is 0.295 e. The van der Waals surface area contributed by atoms with Crippen LogP contribution in [0, 0.1) is 17.5 Å². The Morgan fingerprint density at radius 3 is 2.38 bits per heavy atom. The topological polar surface area (TPSA) is 62.2 Å². The van der Waals surface area contributed by atoms with E-state index in [9.17, 15) is 18.0 Å². The number of hydrogen-bond donors (Lipinski definition) is 1. The number of anilines is 1. The van der Waals surface area contributed by atoms with E-state index in [1.54, 1.807) is 6.92 Å². The molecule has 0 atom stereocenters. The first-order chi connectivity index (χ1) is 9.92. The van der Waals surface area contributed by atoms with Crippen molar-refractivity contribution >= 4 is 5.69 Å². The number of hydrogen-bond acceptors (Lipinski definition) is 3. The average molecular weight is 301 g/mol. The van der Waals surface area contributed by atoms with Crippen LogP contribution in [0.3, 0.4) is 0 Å². The van der Waals surface area contributed by atoms with Crippen LogP contribution < -0.4 is 11.3 Å². The Morgan fingerprint density at radius 1 is 1.19 bits per heavy atom. The minimum absolute atomic E-state index is 0.0349. The molecule has 2 N–H and O–H groups in total. The van der Waals surface area contributed by atoms with Crippen molar-refractivity contribution in [1.82, 2.24) is 9.36 Å². The minimum atomic E-state index is -1.33. The van der Waals surface area contributed by atoms with Gasteiger partial charge in [-0.2, -0.15) is 0 Å². The first-order valence-corrected chi connectivity index (χ1v) is 6.16. The summed E-state index contributed by atoms with van der Waals surface area (Å²) in [5.41, 5.74) is 4.79. The zero-order valence-corrected chi connectivity index (χ0v) is 11.5. The second-order valence-corrected chi connectivity index (χ2v) is 4.34. The van der Waals surface area contributed by atoms with E-state index >= 15 is 0 Å². The molecule has 0 aliphatic heterocycles. The van der Waals surface area contributed by atoms with Crippen molar-refractivity contribution in [2.45, 2.75) is 20.1 Å². The van der Waals surface area contributed by atoms with Gasteiger partial charge < -0.3 is 10.5 Å². The highest BCUT2D eigenvalue weighted by Gasteiger charge is 2.21. The van der Waals surface area contributed by atoms with E-state index in [1.165, 1.54) is 11.8 Å². The van der Waals surface area contributed by atoms with Crippen molar-refractivity contribution in [1.29, 1.82) is 0 Å². The molecule has 0 saturated heterocycles. The molecule has 21 heavy (non-hydrogen) atoms. The third-order valence-electron chi connectivity index (χ3n) is 3.09. The number of nitrogens with zero attached hydrogens (tertiary/aromatic N) is 2. The monoisotopic (exact) mass is 301 g/mol. The fourth-order valence-electron chi connectivity index (χ4n) is 2.14. The van der Waals surface area contributed by atoms with Crippen molar-refractivity contribution in [3.05, 3.63) is 45.6 Å². The van der Waals surface area contributed by atoms with Crippen LogP contribution in [0.2, 0.25) is 0 Å². The Hall–Kier alpha value is -2.22. The lowest BCUT2D eigenvalue weighted by atomic mass is 10.3. The predicted molar refractivity (Wildman–Crippen MR) is 70.7 cm³/mol. The third kappa shape index (κ3) is 2.42. The molecule has 1 aromatic heterocycles. The summed E-state index contributed by atoms with van der Waals surface area (Å²) in [6, 6.07) is 1.00. The molecule has 5 nitrogen and oxygen atoms in total. The summed E-state index contributed by atoms with van der Waals surface area (Å²) in [5, 5.41) is 0. The van der Waals surface area contributed by atoms with Crippen LogP contribution in [0.15, 0.2) is 16.9 Å². The normalized spacial score (nSPS) is 11.1. The Balaban J connectivity index is 2.78. The van der Waals surface area contributed by atoms with Gasteiger partial charge in [0.15, 0.2) is 17.5 Å². The van der Waals surface area contributed by atoms with Gasteiger partial charge in [-0.15, -0.1) is 0 Å². The first kappa shape index (κ1) is 15.2. The predicted octanol–water partition coefficient (Wildman–Crippen LogP) is 1.80. The lowest BCUT2D eigenvalue weighted by molar-refractivity contribution is 0.176. The van der Waals surface area contributed by atoms with Gasteiger partial charge in [0.05, 0.1) is 12.3 Å². The highest BCUT2D eigenvalue weighted by Crippen LogP contribution is 2.20. The third-order valence-corrected chi connectivity index (χ3v) is 3.09. The van der Waals surface area contributed by atoms with Gasteiger partial charge in [-0.3, -0.25) is 9.48 Å². The maximum Gasteiger partial charge on any atom is 0.295 e. The summed E-state index contributed by atoms with van der Waals surface area (Å²) in [5.74, 6) is -3.65. The fraction of sp³-hybridized carbons (Fsp3) is 0.308. The summed E-state index contributed by atoms with van der Waals surface area (Å²) >= 11 is 0. The Morgan fingerprint density at radius 2 is 1.81 bits per heavy atom. The number of aromatic nitrogens is 2. The molecule has 0 amide bonds. The maximum atomic E-state index is 13.9. The van der Waals surface area contributed by atoms with Gasteiger partial charge in [0.2, 0.25) is 0 Å². The highest BCUT2D eigenvalue weighted by atomic mass is 19.2. The van der Waals surface area contributed by atoms with E-state index in [1.807, 2.05) is 0 Å². The molecule has 0 fully saturated rings. The Kier molecular flexibility index (Phi) is 4.08. The maximum absolute atomic E-state index is 13.9. The van der Waals surface area contributed by atoms with E-state index in [0.717, 1.165) is 4.68 Å². The molecule has 1 heterocycles. The minimum Gasteiger partial charge on any atom is -0.393 e. The second kappa shape index (κ2) is 5.65. The van der Waals surface area contributed by atoms with Gasteiger partial charge in [0.1, 0.15) is 11.4 Å². The fourth-order valence-corrected chi connectivity index (χ4v) is 2.14. The van der Waals surface area contributed by atoms with Gasteiger partial charge >= 0.3 is 0 Å². The molecule has 0 aliphatic carbocycles. The molecule has 2 rings (SSSR count). The van der Waals surface area contributed by atoms with E-state index < -0.39 is 28.7 Å². The molecule has 0 saturated carbocycles. The Labute approximate surface area is 118 Å². The number of halogens is 3. The number of methoxy groups -OCH3 is 1. The van der Waals surface area contributed by atoms with Crippen molar-refractivity contribution in [2.75, 3.05) is 12.8 Å². The van der Waals surface area contributed by atoms with Crippen LogP contribution in [0.5, 0.6) is 0 Å². The number of nitrogens with two attached hydrogens (primary N) is 1. The number of ether oxygens (including phenoxy) is 1. The van der Waals surface area contributed by atoms with Gasteiger partial charge in [-0.1, -0.05) is 0 Å². The average Bonchev–Trinajstić information content (AvgIpc) is 2.68. The highest BCUT2D eigenvalue weighted by molar-refractivity contribution is 5.46. The van der Waals surface area contributed by atoms with E-state index in [2.05, 4.69) is 0 Å². The van der Waals surface area contributed by atoms with Gasteiger partial charge in [-0.05, 0) is 6.92 Å². The molecule has 2 aromatic rings. The molecule has 1 aromatic carbocycles. The molecule has 0 bridgehead atoms. The largest absolute Gasteiger partial charge is 0.393 e. The summed E-state index contributed by atoms with van der Waals surface area (Å²) in [6.07, 6.45) is 0. The van der Waals surface area contributed by atoms with Crippen molar-refractivity contribution in [2.24, 2.45) is 0 Å². The molecule has 0 spiro atoms. The van der Waals surface area contributed by atoms with Crippen LogP contribution in [0.25, 0.3) is 5.69 Å². The van der Waals surface area contributed by atoms with Gasteiger partial charge in [0, 0.05) is 25.8 Å². The summed E-state index contributed by atoms with van der Waals surface area (Å²) in [7, 11) is 1.42. The molecular formula is C13H14F3N3O2. The quantitative estimate of drug-likeness (QED) is 0.876. The van der Waals surface area contributed by atoms with E-state index in [-0.39, 0.29) is 18.8 Å². The number of rotatable bonds is 4. The van der Waals surface area contributed by atoms with Gasteiger partial charge in [0.25, 0.3) is 5.56 Å². The zero-order chi connectivity index (χ0) is 15.7. The van der Waals surface area contributed by atoms with Crippen LogP contribution in [0.1, 0.15) is 12.6 Å². The number of nitrogen functional groups attached to an aromatic ring is 1. The van der Waals surface area contributed by atoms with Crippen LogP contribution in [0.4, 0.5) is 18.9 Å². The molecule has 0 aliphatic rings. The SMILES string of the molecule is CCn1c(COC)c(N)c(=O)n1-c1cc(F)c(F)cc1F.